The molecule has 0 saturated carbocycles. The molecule has 0 radical (unpaired) electrons. The van der Waals surface area contributed by atoms with Crippen molar-refractivity contribution in [3.8, 4) is 11.1 Å². The normalized spacial score (nSPS) is 10.3. The number of carbonyl (C=O) groups is 1. The van der Waals surface area contributed by atoms with Gasteiger partial charge in [-0.1, -0.05) is 72.8 Å². The van der Waals surface area contributed by atoms with Gasteiger partial charge in [0.1, 0.15) is 6.61 Å². The molecular formula is C20H17NO2. The van der Waals surface area contributed by atoms with E-state index in [4.69, 9.17) is 10.5 Å². The van der Waals surface area contributed by atoms with E-state index in [1.54, 1.807) is 6.07 Å². The van der Waals surface area contributed by atoms with Crippen LogP contribution in [0, 0.1) is 0 Å². The van der Waals surface area contributed by atoms with Crippen LogP contribution in [0.1, 0.15) is 15.9 Å². The van der Waals surface area contributed by atoms with Gasteiger partial charge in [0.05, 0.1) is 11.3 Å². The Balaban J connectivity index is 1.81. The molecule has 0 unspecified atom stereocenters. The highest BCUT2D eigenvalue weighted by atomic mass is 16.5. The van der Waals surface area contributed by atoms with E-state index in [9.17, 15) is 4.79 Å². The molecule has 114 valence electrons. The molecule has 0 spiro atoms. The summed E-state index contributed by atoms with van der Waals surface area (Å²) < 4.78 is 5.37. The van der Waals surface area contributed by atoms with Gasteiger partial charge < -0.3 is 10.5 Å². The Bertz CT molecular complexity index is 798. The Morgan fingerprint density at radius 2 is 1.48 bits per heavy atom. The van der Waals surface area contributed by atoms with Crippen molar-refractivity contribution in [3.63, 3.8) is 0 Å². The van der Waals surface area contributed by atoms with Gasteiger partial charge in [-0.25, -0.2) is 4.79 Å². The second kappa shape index (κ2) is 6.79. The smallest absolute Gasteiger partial charge is 0.340 e. The van der Waals surface area contributed by atoms with Gasteiger partial charge in [-0.3, -0.25) is 0 Å². The Morgan fingerprint density at radius 3 is 2.17 bits per heavy atom. The zero-order valence-electron chi connectivity index (χ0n) is 12.6. The van der Waals surface area contributed by atoms with Crippen molar-refractivity contribution in [1.29, 1.82) is 0 Å². The van der Waals surface area contributed by atoms with Crippen molar-refractivity contribution >= 4 is 11.7 Å². The Hall–Kier alpha value is -3.07. The number of nitrogen functional groups attached to an aromatic ring is 1. The third-order valence-electron chi connectivity index (χ3n) is 3.62. The number of benzene rings is 3. The summed E-state index contributed by atoms with van der Waals surface area (Å²) in [4.78, 5) is 12.3. The first-order chi connectivity index (χ1) is 11.3. The molecule has 2 N–H and O–H groups in total. The van der Waals surface area contributed by atoms with Crippen LogP contribution in [0.3, 0.4) is 0 Å². The van der Waals surface area contributed by atoms with Crippen molar-refractivity contribution in [2.24, 2.45) is 0 Å². The zero-order chi connectivity index (χ0) is 16.1. The number of anilines is 1. The summed E-state index contributed by atoms with van der Waals surface area (Å²) in [5, 5.41) is 0. The lowest BCUT2D eigenvalue weighted by molar-refractivity contribution is 0.0474. The van der Waals surface area contributed by atoms with E-state index in [1.807, 2.05) is 72.8 Å². The number of rotatable bonds is 4. The first-order valence-electron chi connectivity index (χ1n) is 7.40. The quantitative estimate of drug-likeness (QED) is 0.577. The SMILES string of the molecule is Nc1c(C(=O)OCc2ccccc2)cccc1-c1ccccc1. The van der Waals surface area contributed by atoms with Gasteiger partial charge in [0.2, 0.25) is 0 Å². The van der Waals surface area contributed by atoms with E-state index in [0.717, 1.165) is 16.7 Å². The summed E-state index contributed by atoms with van der Waals surface area (Å²) >= 11 is 0. The Labute approximate surface area is 135 Å². The fourth-order valence-corrected chi connectivity index (χ4v) is 2.41. The standard InChI is InChI=1S/C20H17NO2/c21-19-17(16-10-5-2-6-11-16)12-7-13-18(19)20(22)23-14-15-8-3-1-4-9-15/h1-13H,14,21H2. The minimum Gasteiger partial charge on any atom is -0.457 e. The van der Waals surface area contributed by atoms with Crippen LogP contribution in [-0.4, -0.2) is 5.97 Å². The maximum Gasteiger partial charge on any atom is 0.340 e. The lowest BCUT2D eigenvalue weighted by Gasteiger charge is -2.11. The number of carbonyl (C=O) groups excluding carboxylic acids is 1. The summed E-state index contributed by atoms with van der Waals surface area (Å²) in [5.41, 5.74) is 9.77. The van der Waals surface area contributed by atoms with Crippen LogP contribution in [0.2, 0.25) is 0 Å². The van der Waals surface area contributed by atoms with Crippen LogP contribution in [0.4, 0.5) is 5.69 Å². The van der Waals surface area contributed by atoms with Crippen LogP contribution >= 0.6 is 0 Å². The molecule has 0 aliphatic rings. The molecule has 3 aromatic carbocycles. The van der Waals surface area contributed by atoms with E-state index >= 15 is 0 Å². The number of esters is 1. The van der Waals surface area contributed by atoms with Crippen LogP contribution in [0.5, 0.6) is 0 Å². The van der Waals surface area contributed by atoms with Crippen molar-refractivity contribution in [2.45, 2.75) is 6.61 Å². The summed E-state index contributed by atoms with van der Waals surface area (Å²) in [5.74, 6) is -0.413. The van der Waals surface area contributed by atoms with Gasteiger partial charge in [-0.15, -0.1) is 0 Å². The van der Waals surface area contributed by atoms with Crippen molar-refractivity contribution in [3.05, 3.63) is 90.0 Å². The lowest BCUT2D eigenvalue weighted by atomic mass is 10.0. The predicted molar refractivity (Wildman–Crippen MR) is 91.9 cm³/mol. The first-order valence-corrected chi connectivity index (χ1v) is 7.40. The first kappa shape index (κ1) is 14.9. The molecule has 0 aliphatic heterocycles. The summed E-state index contributed by atoms with van der Waals surface area (Å²) in [6, 6.07) is 24.7. The highest BCUT2D eigenvalue weighted by molar-refractivity contribution is 5.99. The van der Waals surface area contributed by atoms with Gasteiger partial charge >= 0.3 is 5.97 Å². The van der Waals surface area contributed by atoms with Crippen LogP contribution in [-0.2, 0) is 11.3 Å². The molecule has 0 heterocycles. The average Bonchev–Trinajstić information content (AvgIpc) is 2.61. The van der Waals surface area contributed by atoms with E-state index < -0.39 is 5.97 Å². The highest BCUT2D eigenvalue weighted by Gasteiger charge is 2.14. The van der Waals surface area contributed by atoms with Crippen LogP contribution in [0.25, 0.3) is 11.1 Å². The Morgan fingerprint density at radius 1 is 0.826 bits per heavy atom. The molecule has 0 aliphatic carbocycles. The van der Waals surface area contributed by atoms with Crippen LogP contribution in [0.15, 0.2) is 78.9 Å². The van der Waals surface area contributed by atoms with Crippen molar-refractivity contribution in [2.75, 3.05) is 5.73 Å². The molecule has 0 atom stereocenters. The lowest BCUT2D eigenvalue weighted by Crippen LogP contribution is -2.09. The zero-order valence-corrected chi connectivity index (χ0v) is 12.6. The minimum absolute atomic E-state index is 0.231. The van der Waals surface area contributed by atoms with Gasteiger partial charge in [0, 0.05) is 5.56 Å². The fraction of sp³-hybridized carbons (Fsp3) is 0.0500. The number of para-hydroxylation sites is 1. The average molecular weight is 303 g/mol. The van der Waals surface area contributed by atoms with Gasteiger partial charge in [0.25, 0.3) is 0 Å². The summed E-state index contributed by atoms with van der Waals surface area (Å²) in [6.45, 7) is 0.231. The van der Waals surface area contributed by atoms with Gasteiger partial charge in [-0.2, -0.15) is 0 Å². The fourth-order valence-electron chi connectivity index (χ4n) is 2.41. The molecule has 3 heteroatoms. The number of nitrogens with two attached hydrogens (primary N) is 1. The maximum absolute atomic E-state index is 12.3. The predicted octanol–water partition coefficient (Wildman–Crippen LogP) is 4.29. The molecule has 3 aromatic rings. The third-order valence-corrected chi connectivity index (χ3v) is 3.62. The van der Waals surface area contributed by atoms with Crippen molar-refractivity contribution < 1.29 is 9.53 Å². The molecular weight excluding hydrogens is 286 g/mol. The molecule has 0 amide bonds. The Kier molecular flexibility index (Phi) is 4.39. The van der Waals surface area contributed by atoms with Gasteiger partial charge in [0.15, 0.2) is 0 Å². The number of hydrogen-bond donors (Lipinski definition) is 1. The molecule has 3 rings (SSSR count). The van der Waals surface area contributed by atoms with Crippen molar-refractivity contribution in [1.82, 2.24) is 0 Å². The maximum atomic E-state index is 12.3. The van der Waals surface area contributed by atoms with Crippen LogP contribution < -0.4 is 5.73 Å². The van der Waals surface area contributed by atoms with E-state index in [1.165, 1.54) is 0 Å². The molecule has 3 nitrogen and oxygen atoms in total. The van der Waals surface area contributed by atoms with E-state index in [0.29, 0.717) is 11.3 Å². The monoisotopic (exact) mass is 303 g/mol. The highest BCUT2D eigenvalue weighted by Crippen LogP contribution is 2.28. The number of ether oxygens (including phenoxy) is 1. The number of hydrogen-bond acceptors (Lipinski definition) is 3. The second-order valence-corrected chi connectivity index (χ2v) is 5.19. The topological polar surface area (TPSA) is 52.3 Å². The summed E-state index contributed by atoms with van der Waals surface area (Å²) in [7, 11) is 0. The largest absolute Gasteiger partial charge is 0.457 e. The van der Waals surface area contributed by atoms with E-state index in [-0.39, 0.29) is 6.61 Å². The molecule has 23 heavy (non-hydrogen) atoms. The molecule has 0 fully saturated rings. The molecule has 0 saturated heterocycles. The van der Waals surface area contributed by atoms with E-state index in [2.05, 4.69) is 0 Å². The van der Waals surface area contributed by atoms with Gasteiger partial charge in [-0.05, 0) is 17.2 Å². The third kappa shape index (κ3) is 3.40. The summed E-state index contributed by atoms with van der Waals surface area (Å²) in [6.07, 6.45) is 0. The molecule has 0 aromatic heterocycles. The molecule has 0 bridgehead atoms. The second-order valence-electron chi connectivity index (χ2n) is 5.19. The minimum atomic E-state index is -0.413.